The molecule has 3 rings (SSSR count). The monoisotopic (exact) mass is 416 g/mol. The lowest BCUT2D eigenvalue weighted by Crippen LogP contribution is -2.41. The Kier molecular flexibility index (Phi) is 8.04. The van der Waals surface area contributed by atoms with Crippen LogP contribution >= 0.6 is 0 Å². The summed E-state index contributed by atoms with van der Waals surface area (Å²) in [6, 6.07) is 7.91. The highest BCUT2D eigenvalue weighted by molar-refractivity contribution is 5.95. The summed E-state index contributed by atoms with van der Waals surface area (Å²) >= 11 is 0. The van der Waals surface area contributed by atoms with Crippen molar-refractivity contribution in [2.45, 2.75) is 19.5 Å². The van der Waals surface area contributed by atoms with Crippen LogP contribution in [0.3, 0.4) is 0 Å². The number of likely N-dealkylation sites (tertiary alicyclic amines) is 2. The van der Waals surface area contributed by atoms with Gasteiger partial charge in [-0.1, -0.05) is 18.2 Å². The van der Waals surface area contributed by atoms with Gasteiger partial charge in [-0.25, -0.2) is 4.79 Å². The molecule has 1 amide bonds. The van der Waals surface area contributed by atoms with Crippen molar-refractivity contribution < 1.29 is 32.6 Å². The number of alkyl halides is 3. The number of aliphatic carboxylic acids is 1. The maximum atomic E-state index is 12.8. The van der Waals surface area contributed by atoms with Gasteiger partial charge in [0.05, 0.1) is 6.61 Å². The van der Waals surface area contributed by atoms with E-state index >= 15 is 0 Å². The average Bonchev–Trinajstić information content (AvgIpc) is 3.09. The van der Waals surface area contributed by atoms with E-state index in [1.165, 1.54) is 6.42 Å². The number of hydrogen-bond donors (Lipinski definition) is 1. The Labute approximate surface area is 168 Å². The number of carbonyl (C=O) groups excluding carboxylic acids is 1. The molecule has 2 aliphatic rings. The van der Waals surface area contributed by atoms with Crippen molar-refractivity contribution in [1.29, 1.82) is 0 Å². The molecule has 0 unspecified atom stereocenters. The Morgan fingerprint density at radius 1 is 1.17 bits per heavy atom. The van der Waals surface area contributed by atoms with E-state index in [2.05, 4.69) is 9.80 Å². The maximum Gasteiger partial charge on any atom is 0.490 e. The summed E-state index contributed by atoms with van der Waals surface area (Å²) in [5.41, 5.74) is 1.93. The molecule has 162 valence electrons. The van der Waals surface area contributed by atoms with Gasteiger partial charge in [-0.05, 0) is 43.4 Å². The van der Waals surface area contributed by atoms with E-state index in [1.54, 1.807) is 7.11 Å². The molecule has 29 heavy (non-hydrogen) atoms. The van der Waals surface area contributed by atoms with Gasteiger partial charge in [0.2, 0.25) is 0 Å². The number of carboxylic acid groups (broad SMARTS) is 1. The minimum atomic E-state index is -5.08. The highest BCUT2D eigenvalue weighted by Crippen LogP contribution is 2.32. The average molecular weight is 416 g/mol. The summed E-state index contributed by atoms with van der Waals surface area (Å²) in [5, 5.41) is 7.12. The van der Waals surface area contributed by atoms with Crippen LogP contribution in [0, 0.1) is 18.8 Å². The molecule has 2 saturated heterocycles. The molecule has 2 atom stereocenters. The second-order valence-corrected chi connectivity index (χ2v) is 7.43. The molecule has 0 saturated carbocycles. The second kappa shape index (κ2) is 10.1. The van der Waals surface area contributed by atoms with Gasteiger partial charge in [-0.15, -0.1) is 0 Å². The van der Waals surface area contributed by atoms with E-state index in [0.717, 1.165) is 50.5 Å². The highest BCUT2D eigenvalue weighted by atomic mass is 19.4. The van der Waals surface area contributed by atoms with Gasteiger partial charge in [0.25, 0.3) is 5.91 Å². The fourth-order valence-electron chi connectivity index (χ4n) is 3.82. The van der Waals surface area contributed by atoms with Gasteiger partial charge in [0.1, 0.15) is 0 Å². The molecular weight excluding hydrogens is 389 g/mol. The van der Waals surface area contributed by atoms with Crippen LogP contribution in [0.25, 0.3) is 0 Å². The van der Waals surface area contributed by atoms with Crippen LogP contribution in [0.5, 0.6) is 0 Å². The molecule has 0 radical (unpaired) electrons. The summed E-state index contributed by atoms with van der Waals surface area (Å²) in [6.45, 7) is 7.89. The number of carbonyl (C=O) groups is 2. The Morgan fingerprint density at radius 2 is 1.79 bits per heavy atom. The van der Waals surface area contributed by atoms with Crippen LogP contribution in [-0.2, 0) is 9.53 Å². The van der Waals surface area contributed by atoms with Crippen molar-refractivity contribution in [3.63, 3.8) is 0 Å². The van der Waals surface area contributed by atoms with Crippen LogP contribution < -0.4 is 0 Å². The van der Waals surface area contributed by atoms with Crippen LogP contribution in [0.2, 0.25) is 0 Å². The molecule has 0 spiro atoms. The van der Waals surface area contributed by atoms with Crippen molar-refractivity contribution in [1.82, 2.24) is 9.80 Å². The van der Waals surface area contributed by atoms with Crippen molar-refractivity contribution in [3.8, 4) is 0 Å². The first-order chi connectivity index (χ1) is 13.6. The zero-order valence-electron chi connectivity index (χ0n) is 16.6. The molecule has 2 fully saturated rings. The quantitative estimate of drug-likeness (QED) is 0.817. The third-order valence-corrected chi connectivity index (χ3v) is 5.40. The minimum Gasteiger partial charge on any atom is -0.475 e. The van der Waals surface area contributed by atoms with E-state index in [1.807, 2.05) is 31.2 Å². The molecule has 1 aromatic carbocycles. The molecule has 2 aliphatic heterocycles. The molecule has 6 nitrogen and oxygen atoms in total. The van der Waals surface area contributed by atoms with Crippen LogP contribution in [0.1, 0.15) is 22.3 Å². The lowest BCUT2D eigenvalue weighted by Gasteiger charge is -2.33. The number of ether oxygens (including phenoxy) is 1. The standard InChI is InChI=1S/C18H26N2O2.C2HF3O2/c1-14-5-3-4-6-17(14)18(21)20-12-15-7-8-19(9-10-22-2)11-16(15)13-20;3-2(4,5)1(6)7/h3-6,15-16H,7-13H2,1-2H3;(H,6,7)/t15-,16+;/m0./s1. The molecule has 0 bridgehead atoms. The van der Waals surface area contributed by atoms with Crippen molar-refractivity contribution in [3.05, 3.63) is 35.4 Å². The molecular formula is C20H27F3N2O4. The molecule has 0 aromatic heterocycles. The number of nitrogens with zero attached hydrogens (tertiary/aromatic N) is 2. The van der Waals surface area contributed by atoms with E-state index in [4.69, 9.17) is 14.6 Å². The summed E-state index contributed by atoms with van der Waals surface area (Å²) in [6.07, 6.45) is -3.88. The number of fused-ring (bicyclic) bond motifs is 1. The number of aryl methyl sites for hydroxylation is 1. The lowest BCUT2D eigenvalue weighted by molar-refractivity contribution is -0.192. The van der Waals surface area contributed by atoms with Crippen LogP contribution in [0.4, 0.5) is 13.2 Å². The number of benzene rings is 1. The summed E-state index contributed by atoms with van der Waals surface area (Å²) < 4.78 is 36.9. The number of carboxylic acids is 1. The fraction of sp³-hybridized carbons (Fsp3) is 0.600. The minimum absolute atomic E-state index is 0.205. The Morgan fingerprint density at radius 3 is 2.38 bits per heavy atom. The molecule has 0 aliphatic carbocycles. The first-order valence-electron chi connectivity index (χ1n) is 9.49. The van der Waals surface area contributed by atoms with E-state index in [0.29, 0.717) is 11.8 Å². The fourth-order valence-corrected chi connectivity index (χ4v) is 3.82. The Balaban J connectivity index is 0.000000370. The molecule has 1 aromatic rings. The summed E-state index contributed by atoms with van der Waals surface area (Å²) in [7, 11) is 1.75. The Bertz CT molecular complexity index is 711. The topological polar surface area (TPSA) is 70.1 Å². The third kappa shape index (κ3) is 6.43. The van der Waals surface area contributed by atoms with E-state index in [-0.39, 0.29) is 5.91 Å². The highest BCUT2D eigenvalue weighted by Gasteiger charge is 2.39. The summed E-state index contributed by atoms with van der Waals surface area (Å²) in [4.78, 5) is 26.2. The van der Waals surface area contributed by atoms with Crippen molar-refractivity contribution in [2.75, 3.05) is 46.4 Å². The predicted molar refractivity (Wildman–Crippen MR) is 101 cm³/mol. The van der Waals surface area contributed by atoms with Crippen LogP contribution in [-0.4, -0.2) is 79.4 Å². The van der Waals surface area contributed by atoms with E-state index < -0.39 is 12.1 Å². The lowest BCUT2D eigenvalue weighted by atomic mass is 9.89. The van der Waals surface area contributed by atoms with Gasteiger partial charge >= 0.3 is 12.1 Å². The number of piperidine rings is 1. The first-order valence-corrected chi connectivity index (χ1v) is 9.49. The predicted octanol–water partition coefficient (Wildman–Crippen LogP) is 2.67. The van der Waals surface area contributed by atoms with Gasteiger partial charge in [-0.3, -0.25) is 4.79 Å². The second-order valence-electron chi connectivity index (χ2n) is 7.43. The molecule has 1 N–H and O–H groups in total. The van der Waals surface area contributed by atoms with Crippen LogP contribution in [0.15, 0.2) is 24.3 Å². The Hall–Kier alpha value is -2.13. The molecule has 2 heterocycles. The number of rotatable bonds is 4. The number of methoxy groups -OCH3 is 1. The van der Waals surface area contributed by atoms with Gasteiger partial charge in [-0.2, -0.15) is 13.2 Å². The number of halogens is 3. The molecule has 9 heteroatoms. The number of hydrogen-bond acceptors (Lipinski definition) is 4. The summed E-state index contributed by atoms with van der Waals surface area (Å²) in [5.74, 6) is -1.26. The normalized spacial score (nSPS) is 21.9. The van der Waals surface area contributed by atoms with Crippen molar-refractivity contribution >= 4 is 11.9 Å². The zero-order valence-corrected chi connectivity index (χ0v) is 16.6. The van der Waals surface area contributed by atoms with Gasteiger partial charge in [0.15, 0.2) is 0 Å². The van der Waals surface area contributed by atoms with Crippen molar-refractivity contribution in [2.24, 2.45) is 11.8 Å². The largest absolute Gasteiger partial charge is 0.490 e. The smallest absolute Gasteiger partial charge is 0.475 e. The first kappa shape index (κ1) is 23.2. The maximum absolute atomic E-state index is 12.8. The number of amides is 1. The zero-order chi connectivity index (χ0) is 21.6. The third-order valence-electron chi connectivity index (χ3n) is 5.40. The van der Waals surface area contributed by atoms with Gasteiger partial charge < -0.3 is 19.6 Å². The SMILES string of the molecule is COCCN1CC[C@H]2CN(C(=O)c3ccccc3C)C[C@H]2C1.O=C(O)C(F)(F)F. The van der Waals surface area contributed by atoms with E-state index in [9.17, 15) is 18.0 Å². The van der Waals surface area contributed by atoms with Gasteiger partial charge in [0, 0.05) is 38.9 Å².